The van der Waals surface area contributed by atoms with Gasteiger partial charge in [-0.05, 0) is 67.9 Å². The molecule has 1 aliphatic heterocycles. The second-order valence-electron chi connectivity index (χ2n) is 10.0. The zero-order chi connectivity index (χ0) is 25.2. The predicted molar refractivity (Wildman–Crippen MR) is 117 cm³/mol. The van der Waals surface area contributed by atoms with Crippen LogP contribution in [0, 0.1) is 23.7 Å². The van der Waals surface area contributed by atoms with Gasteiger partial charge in [0, 0.05) is 12.0 Å². The molecule has 4 saturated carbocycles. The highest BCUT2D eigenvalue weighted by Crippen LogP contribution is 2.69. The van der Waals surface area contributed by atoms with Crippen LogP contribution in [0.4, 0.5) is 0 Å². The van der Waals surface area contributed by atoms with Gasteiger partial charge < -0.3 is 19.5 Å². The number of alkyl halides is 1. The molecule has 0 radical (unpaired) electrons. The maximum atomic E-state index is 11.5. The molecule has 5 fully saturated rings. The van der Waals surface area contributed by atoms with Crippen molar-refractivity contribution in [1.82, 2.24) is 0 Å². The van der Waals surface area contributed by atoms with Gasteiger partial charge in [0.1, 0.15) is 5.75 Å². The summed E-state index contributed by atoms with van der Waals surface area (Å²) in [6.07, 6.45) is 4.25. The zero-order valence-corrected chi connectivity index (χ0v) is 20.2. The molecule has 1 spiro atoms. The molecule has 1 aromatic carbocycles. The fraction of sp³-hybridized carbons (Fsp3) is 0.636. The second-order valence-corrected chi connectivity index (χ2v) is 11.8. The highest BCUT2D eigenvalue weighted by Gasteiger charge is 2.77. The average molecular weight is 533 g/mol. The molecule has 1 aromatic rings. The summed E-state index contributed by atoms with van der Waals surface area (Å²) < 4.78 is 22.4. The SMILES string of the molecule is O=C(O)C(Cl)(CCOC1(c2cccc(OP(=O)(O)O)c2)OOC12C1CC3CC(C1)CC2C3)C(=O)O. The third-order valence-corrected chi connectivity index (χ3v) is 8.99. The quantitative estimate of drug-likeness (QED) is 0.159. The summed E-state index contributed by atoms with van der Waals surface area (Å²) in [7, 11) is -4.84. The van der Waals surface area contributed by atoms with E-state index >= 15 is 0 Å². The number of aliphatic carboxylic acids is 2. The first-order chi connectivity index (χ1) is 16.4. The third kappa shape index (κ3) is 3.89. The van der Waals surface area contributed by atoms with Crippen molar-refractivity contribution in [1.29, 1.82) is 0 Å². The van der Waals surface area contributed by atoms with Gasteiger partial charge in [0.25, 0.3) is 5.79 Å². The Kier molecular flexibility index (Phi) is 6.00. The van der Waals surface area contributed by atoms with Crippen LogP contribution < -0.4 is 4.52 Å². The first-order valence-electron chi connectivity index (χ1n) is 11.4. The largest absolute Gasteiger partial charge is 0.524 e. The number of phosphoric ester groups is 1. The second kappa shape index (κ2) is 8.41. The fourth-order valence-electron chi connectivity index (χ4n) is 6.80. The molecule has 4 bridgehead atoms. The average Bonchev–Trinajstić information content (AvgIpc) is 2.74. The van der Waals surface area contributed by atoms with Gasteiger partial charge in [0.2, 0.25) is 4.87 Å². The lowest BCUT2D eigenvalue weighted by molar-refractivity contribution is -0.648. The molecular formula is C22H26ClO11P. The van der Waals surface area contributed by atoms with E-state index in [-0.39, 0.29) is 24.2 Å². The van der Waals surface area contributed by atoms with E-state index in [1.165, 1.54) is 24.6 Å². The van der Waals surface area contributed by atoms with E-state index in [1.54, 1.807) is 6.07 Å². The van der Waals surface area contributed by atoms with Crippen molar-refractivity contribution < 1.29 is 53.2 Å². The number of benzene rings is 1. The fourth-order valence-corrected chi connectivity index (χ4v) is 7.27. The minimum atomic E-state index is -4.84. The molecule has 0 amide bonds. The first kappa shape index (κ1) is 25.0. The van der Waals surface area contributed by atoms with Crippen molar-refractivity contribution in [2.24, 2.45) is 23.7 Å². The predicted octanol–water partition coefficient (Wildman–Crippen LogP) is 3.02. The minimum Gasteiger partial charge on any atom is -0.479 e. The van der Waals surface area contributed by atoms with Gasteiger partial charge in [-0.15, -0.1) is 0 Å². The highest BCUT2D eigenvalue weighted by molar-refractivity contribution is 7.46. The van der Waals surface area contributed by atoms with E-state index in [4.69, 9.17) is 30.6 Å². The number of hydrogen-bond acceptors (Lipinski definition) is 7. The van der Waals surface area contributed by atoms with Crippen LogP contribution in [-0.2, 0) is 34.5 Å². The number of ether oxygens (including phenoxy) is 1. The lowest BCUT2D eigenvalue weighted by Gasteiger charge is -2.69. The summed E-state index contributed by atoms with van der Waals surface area (Å²) in [5, 5.41) is 18.7. The van der Waals surface area contributed by atoms with Crippen molar-refractivity contribution in [3.63, 3.8) is 0 Å². The van der Waals surface area contributed by atoms with Crippen molar-refractivity contribution >= 4 is 31.4 Å². The van der Waals surface area contributed by atoms with Crippen LogP contribution in [0.1, 0.15) is 44.1 Å². The Morgan fingerprint density at radius 1 is 1.06 bits per heavy atom. The smallest absolute Gasteiger partial charge is 0.479 e. The van der Waals surface area contributed by atoms with Crippen LogP contribution in [0.25, 0.3) is 0 Å². The number of rotatable bonds is 9. The summed E-state index contributed by atoms with van der Waals surface area (Å²) in [6.45, 7) is -0.386. The first-order valence-corrected chi connectivity index (χ1v) is 13.3. The van der Waals surface area contributed by atoms with Crippen LogP contribution in [-0.4, -0.2) is 49.0 Å². The number of carboxylic acids is 2. The standard InChI is InChI=1S/C22H26ClO11P/c23-20(18(24)25,19(26)27)4-5-31-22(14-2-1-3-17(11-14)32-35(28,29)30)21(33-34-22)15-7-12-6-13(9-15)10-16(21)8-12/h1-3,11-13,15-16H,4-10H2,(H,24,25)(H,26,27)(H2,28,29,30). The molecule has 1 unspecified atom stereocenters. The zero-order valence-electron chi connectivity index (χ0n) is 18.5. The Morgan fingerprint density at radius 3 is 2.14 bits per heavy atom. The van der Waals surface area contributed by atoms with Gasteiger partial charge in [0.05, 0.1) is 6.61 Å². The molecule has 6 rings (SSSR count). The van der Waals surface area contributed by atoms with E-state index in [1.807, 2.05) is 0 Å². The van der Waals surface area contributed by atoms with E-state index in [9.17, 15) is 34.2 Å². The van der Waals surface area contributed by atoms with E-state index in [2.05, 4.69) is 0 Å². The molecule has 35 heavy (non-hydrogen) atoms. The summed E-state index contributed by atoms with van der Waals surface area (Å²) in [5.41, 5.74) is -0.546. The van der Waals surface area contributed by atoms with Gasteiger partial charge in [-0.2, -0.15) is 4.89 Å². The molecule has 5 aliphatic rings. The van der Waals surface area contributed by atoms with Gasteiger partial charge in [0.15, 0.2) is 5.60 Å². The number of carbonyl (C=O) groups is 2. The molecule has 1 saturated heterocycles. The Labute approximate surface area is 205 Å². The summed E-state index contributed by atoms with van der Waals surface area (Å²) >= 11 is 5.88. The van der Waals surface area contributed by atoms with Crippen LogP contribution in [0.5, 0.6) is 5.75 Å². The number of carboxylic acid groups (broad SMARTS) is 2. The van der Waals surface area contributed by atoms with E-state index in [0.717, 1.165) is 25.7 Å². The van der Waals surface area contributed by atoms with Crippen LogP contribution in [0.3, 0.4) is 0 Å². The third-order valence-electron chi connectivity index (χ3n) is 8.03. The Bertz CT molecular complexity index is 1040. The van der Waals surface area contributed by atoms with E-state index < -0.39 is 42.4 Å². The van der Waals surface area contributed by atoms with Gasteiger partial charge in [-0.1, -0.05) is 23.7 Å². The minimum absolute atomic E-state index is 0.0820. The Hall–Kier alpha value is -1.72. The number of halogens is 1. The normalized spacial score (nSPS) is 35.6. The van der Waals surface area contributed by atoms with E-state index in [0.29, 0.717) is 17.4 Å². The molecular weight excluding hydrogens is 507 g/mol. The molecule has 192 valence electrons. The molecule has 4 aliphatic carbocycles. The Balaban J connectivity index is 1.51. The van der Waals surface area contributed by atoms with Gasteiger partial charge in [-0.25, -0.2) is 19.0 Å². The van der Waals surface area contributed by atoms with Crippen LogP contribution in [0.15, 0.2) is 24.3 Å². The summed E-state index contributed by atoms with van der Waals surface area (Å²) in [6, 6.07) is 5.93. The lowest BCUT2D eigenvalue weighted by Crippen LogP contribution is -2.76. The summed E-state index contributed by atoms with van der Waals surface area (Å²) in [4.78, 5) is 50.6. The molecule has 1 heterocycles. The van der Waals surface area contributed by atoms with Crippen LogP contribution >= 0.6 is 19.4 Å². The number of hydrogen-bond donors (Lipinski definition) is 4. The monoisotopic (exact) mass is 532 g/mol. The molecule has 1 atom stereocenters. The lowest BCUT2D eigenvalue weighted by atomic mass is 9.47. The van der Waals surface area contributed by atoms with Crippen molar-refractivity contribution in [3.05, 3.63) is 29.8 Å². The van der Waals surface area contributed by atoms with Crippen molar-refractivity contribution in [2.45, 2.75) is 54.8 Å². The Morgan fingerprint density at radius 2 is 1.66 bits per heavy atom. The molecule has 0 aromatic heterocycles. The maximum Gasteiger partial charge on any atom is 0.524 e. The van der Waals surface area contributed by atoms with Gasteiger partial charge >= 0.3 is 19.8 Å². The van der Waals surface area contributed by atoms with Gasteiger partial charge in [-0.3, -0.25) is 9.79 Å². The van der Waals surface area contributed by atoms with Crippen LogP contribution in [0.2, 0.25) is 0 Å². The molecule has 13 heteroatoms. The molecule has 4 N–H and O–H groups in total. The molecule has 11 nitrogen and oxygen atoms in total. The highest BCUT2D eigenvalue weighted by atomic mass is 35.5. The maximum absolute atomic E-state index is 11.5. The van der Waals surface area contributed by atoms with Crippen molar-refractivity contribution in [2.75, 3.05) is 6.61 Å². The van der Waals surface area contributed by atoms with Crippen molar-refractivity contribution in [3.8, 4) is 5.75 Å². The number of phosphoric acid groups is 1. The summed E-state index contributed by atoms with van der Waals surface area (Å²) in [5.74, 6) is -3.78. The topological polar surface area (TPSA) is 169 Å².